The zero-order valence-corrected chi connectivity index (χ0v) is 10.5. The van der Waals surface area contributed by atoms with Gasteiger partial charge in [0, 0.05) is 31.9 Å². The Morgan fingerprint density at radius 3 is 2.44 bits per heavy atom. The first-order valence-corrected chi connectivity index (χ1v) is 6.69. The molecular formula is C14H19N3O. The van der Waals surface area contributed by atoms with E-state index in [0.717, 1.165) is 37.8 Å². The van der Waals surface area contributed by atoms with Crippen LogP contribution in [-0.4, -0.2) is 37.1 Å². The van der Waals surface area contributed by atoms with Crippen LogP contribution in [0.15, 0.2) is 24.3 Å². The Balaban J connectivity index is 1.59. The van der Waals surface area contributed by atoms with Gasteiger partial charge in [-0.2, -0.15) is 0 Å². The summed E-state index contributed by atoms with van der Waals surface area (Å²) < 4.78 is 0. The number of urea groups is 1. The lowest BCUT2D eigenvalue weighted by molar-refractivity contribution is 0.204. The van der Waals surface area contributed by atoms with Gasteiger partial charge < -0.3 is 15.5 Å². The van der Waals surface area contributed by atoms with Crippen LogP contribution in [0.3, 0.4) is 0 Å². The molecule has 2 aliphatic rings. The second-order valence-electron chi connectivity index (χ2n) is 5.06. The number of piperazine rings is 1. The third-order valence-corrected chi connectivity index (χ3v) is 3.61. The Kier molecular flexibility index (Phi) is 3.19. The second-order valence-corrected chi connectivity index (χ2v) is 5.06. The highest BCUT2D eigenvalue weighted by Crippen LogP contribution is 2.40. The highest BCUT2D eigenvalue weighted by atomic mass is 16.2. The van der Waals surface area contributed by atoms with Gasteiger partial charge >= 0.3 is 6.03 Å². The number of amides is 2. The Labute approximate surface area is 107 Å². The SMILES string of the molecule is O=C(Nc1ccc(C2CC2)cc1)N1CCNCC1. The number of hydrogen-bond acceptors (Lipinski definition) is 2. The fraction of sp³-hybridized carbons (Fsp3) is 0.500. The first-order chi connectivity index (χ1) is 8.83. The van der Waals surface area contributed by atoms with Gasteiger partial charge in [0.05, 0.1) is 0 Å². The van der Waals surface area contributed by atoms with Crippen LogP contribution >= 0.6 is 0 Å². The fourth-order valence-electron chi connectivity index (χ4n) is 2.33. The van der Waals surface area contributed by atoms with E-state index in [-0.39, 0.29) is 6.03 Å². The van der Waals surface area contributed by atoms with Crippen molar-refractivity contribution in [3.05, 3.63) is 29.8 Å². The number of carbonyl (C=O) groups excluding carboxylic acids is 1. The molecule has 18 heavy (non-hydrogen) atoms. The largest absolute Gasteiger partial charge is 0.322 e. The van der Waals surface area contributed by atoms with Crippen LogP contribution < -0.4 is 10.6 Å². The molecule has 1 saturated heterocycles. The molecule has 2 fully saturated rings. The van der Waals surface area contributed by atoms with E-state index < -0.39 is 0 Å². The lowest BCUT2D eigenvalue weighted by Gasteiger charge is -2.27. The standard InChI is InChI=1S/C14H19N3O/c18-14(17-9-7-15-8-10-17)16-13-5-3-12(4-6-13)11-1-2-11/h3-6,11,15H,1-2,7-10H2,(H,16,18). The molecular weight excluding hydrogens is 226 g/mol. The maximum absolute atomic E-state index is 12.0. The van der Waals surface area contributed by atoms with Crippen molar-refractivity contribution in [1.82, 2.24) is 10.2 Å². The molecule has 0 aromatic heterocycles. The van der Waals surface area contributed by atoms with Crippen molar-refractivity contribution in [3.63, 3.8) is 0 Å². The normalized spacial score (nSPS) is 19.7. The third kappa shape index (κ3) is 2.64. The summed E-state index contributed by atoms with van der Waals surface area (Å²) in [4.78, 5) is 13.8. The van der Waals surface area contributed by atoms with Gasteiger partial charge in [-0.15, -0.1) is 0 Å². The molecule has 0 unspecified atom stereocenters. The fourth-order valence-corrected chi connectivity index (χ4v) is 2.33. The average Bonchev–Trinajstić information content (AvgIpc) is 3.25. The van der Waals surface area contributed by atoms with E-state index >= 15 is 0 Å². The van der Waals surface area contributed by atoms with Crippen molar-refractivity contribution in [3.8, 4) is 0 Å². The highest BCUT2D eigenvalue weighted by Gasteiger charge is 2.23. The monoisotopic (exact) mass is 245 g/mol. The zero-order chi connectivity index (χ0) is 12.4. The Morgan fingerprint density at radius 2 is 1.83 bits per heavy atom. The van der Waals surface area contributed by atoms with E-state index in [1.165, 1.54) is 18.4 Å². The Hall–Kier alpha value is -1.55. The quantitative estimate of drug-likeness (QED) is 0.837. The molecule has 1 aromatic carbocycles. The number of rotatable bonds is 2. The lowest BCUT2D eigenvalue weighted by atomic mass is 10.1. The summed E-state index contributed by atoms with van der Waals surface area (Å²) in [5, 5.41) is 6.20. The molecule has 1 heterocycles. The topological polar surface area (TPSA) is 44.4 Å². The van der Waals surface area contributed by atoms with Gasteiger partial charge in [-0.1, -0.05) is 12.1 Å². The maximum atomic E-state index is 12.0. The van der Waals surface area contributed by atoms with Crippen LogP contribution in [0.2, 0.25) is 0 Å². The molecule has 4 nitrogen and oxygen atoms in total. The molecule has 1 saturated carbocycles. The van der Waals surface area contributed by atoms with Crippen LogP contribution in [0.25, 0.3) is 0 Å². The number of nitrogens with zero attached hydrogens (tertiary/aromatic N) is 1. The first-order valence-electron chi connectivity index (χ1n) is 6.69. The number of hydrogen-bond donors (Lipinski definition) is 2. The van der Waals surface area contributed by atoms with Crippen molar-refractivity contribution in [2.24, 2.45) is 0 Å². The van der Waals surface area contributed by atoms with Gasteiger partial charge in [-0.05, 0) is 36.5 Å². The summed E-state index contributed by atoms with van der Waals surface area (Å²) in [5.74, 6) is 0.767. The number of nitrogens with one attached hydrogen (secondary N) is 2. The molecule has 0 atom stereocenters. The number of benzene rings is 1. The van der Waals surface area contributed by atoms with Crippen molar-refractivity contribution in [2.75, 3.05) is 31.5 Å². The minimum atomic E-state index is 0.00988. The van der Waals surface area contributed by atoms with E-state index in [1.54, 1.807) is 0 Å². The number of anilines is 1. The molecule has 3 rings (SSSR count). The summed E-state index contributed by atoms with van der Waals surface area (Å²) in [6.45, 7) is 3.33. The van der Waals surface area contributed by atoms with Gasteiger partial charge in [0.25, 0.3) is 0 Å². The minimum Gasteiger partial charge on any atom is -0.322 e. The van der Waals surface area contributed by atoms with Crippen molar-refractivity contribution < 1.29 is 4.79 Å². The Bertz CT molecular complexity index is 419. The summed E-state index contributed by atoms with van der Waals surface area (Å²) in [7, 11) is 0. The van der Waals surface area contributed by atoms with Gasteiger partial charge in [0.15, 0.2) is 0 Å². The van der Waals surface area contributed by atoms with E-state index in [2.05, 4.69) is 22.8 Å². The van der Waals surface area contributed by atoms with E-state index in [1.807, 2.05) is 17.0 Å². The zero-order valence-electron chi connectivity index (χ0n) is 10.5. The van der Waals surface area contributed by atoms with E-state index in [4.69, 9.17) is 0 Å². The van der Waals surface area contributed by atoms with Gasteiger partial charge in [0.1, 0.15) is 0 Å². The van der Waals surface area contributed by atoms with Crippen LogP contribution in [0.4, 0.5) is 10.5 Å². The van der Waals surface area contributed by atoms with Crippen molar-refractivity contribution in [2.45, 2.75) is 18.8 Å². The van der Waals surface area contributed by atoms with E-state index in [9.17, 15) is 4.79 Å². The minimum absolute atomic E-state index is 0.00988. The van der Waals surface area contributed by atoms with Crippen LogP contribution in [0.5, 0.6) is 0 Å². The molecule has 1 aliphatic heterocycles. The predicted octanol–water partition coefficient (Wildman–Crippen LogP) is 2.00. The van der Waals surface area contributed by atoms with Crippen molar-refractivity contribution in [1.29, 1.82) is 0 Å². The molecule has 2 N–H and O–H groups in total. The predicted molar refractivity (Wildman–Crippen MR) is 71.9 cm³/mol. The van der Waals surface area contributed by atoms with Gasteiger partial charge in [0.2, 0.25) is 0 Å². The van der Waals surface area contributed by atoms with Crippen LogP contribution in [-0.2, 0) is 0 Å². The smallest absolute Gasteiger partial charge is 0.321 e. The molecule has 1 aliphatic carbocycles. The first kappa shape index (κ1) is 11.5. The number of carbonyl (C=O) groups is 1. The molecule has 4 heteroatoms. The third-order valence-electron chi connectivity index (χ3n) is 3.61. The maximum Gasteiger partial charge on any atom is 0.321 e. The molecule has 0 bridgehead atoms. The second kappa shape index (κ2) is 4.98. The summed E-state index contributed by atoms with van der Waals surface area (Å²) in [5.41, 5.74) is 2.29. The van der Waals surface area contributed by atoms with Crippen LogP contribution in [0, 0.1) is 0 Å². The van der Waals surface area contributed by atoms with E-state index in [0.29, 0.717) is 0 Å². The summed E-state index contributed by atoms with van der Waals surface area (Å²) in [6.07, 6.45) is 2.62. The average molecular weight is 245 g/mol. The molecule has 0 radical (unpaired) electrons. The molecule has 0 spiro atoms. The van der Waals surface area contributed by atoms with Gasteiger partial charge in [-0.25, -0.2) is 4.79 Å². The van der Waals surface area contributed by atoms with Crippen molar-refractivity contribution >= 4 is 11.7 Å². The van der Waals surface area contributed by atoms with Crippen LogP contribution in [0.1, 0.15) is 24.3 Å². The summed E-state index contributed by atoms with van der Waals surface area (Å²) in [6, 6.07) is 8.29. The lowest BCUT2D eigenvalue weighted by Crippen LogP contribution is -2.48. The Morgan fingerprint density at radius 1 is 1.17 bits per heavy atom. The molecule has 96 valence electrons. The highest BCUT2D eigenvalue weighted by molar-refractivity contribution is 5.89. The molecule has 1 aromatic rings. The summed E-state index contributed by atoms with van der Waals surface area (Å²) >= 11 is 0. The van der Waals surface area contributed by atoms with Gasteiger partial charge in [-0.3, -0.25) is 0 Å². The molecule has 2 amide bonds.